The topological polar surface area (TPSA) is 40.5 Å². The van der Waals surface area contributed by atoms with E-state index in [1.165, 1.54) is 25.7 Å². The summed E-state index contributed by atoms with van der Waals surface area (Å²) in [4.78, 5) is 13.3. The summed E-state index contributed by atoms with van der Waals surface area (Å²) in [6.45, 7) is 5.77. The maximum atomic E-state index is 10.9. The zero-order valence-electron chi connectivity index (χ0n) is 10.4. The Morgan fingerprint density at radius 3 is 2.69 bits per heavy atom. The van der Waals surface area contributed by atoms with E-state index in [9.17, 15) is 4.79 Å². The van der Waals surface area contributed by atoms with Gasteiger partial charge in [-0.05, 0) is 37.6 Å². The molecule has 92 valence electrons. The Bertz CT molecular complexity index is 275. The fraction of sp³-hybridized carbons (Fsp3) is 0.923. The molecule has 1 N–H and O–H groups in total. The predicted molar refractivity (Wildman–Crippen MR) is 63.4 cm³/mol. The second-order valence-corrected chi connectivity index (χ2v) is 6.03. The van der Waals surface area contributed by atoms with E-state index in [4.69, 9.17) is 5.11 Å². The Labute approximate surface area is 97.8 Å². The number of hydrogen-bond donors (Lipinski definition) is 1. The monoisotopic (exact) mass is 225 g/mol. The largest absolute Gasteiger partial charge is 0.481 e. The third-order valence-electron chi connectivity index (χ3n) is 4.43. The minimum Gasteiger partial charge on any atom is -0.481 e. The van der Waals surface area contributed by atoms with Gasteiger partial charge in [0.1, 0.15) is 0 Å². The van der Waals surface area contributed by atoms with Gasteiger partial charge < -0.3 is 5.11 Å². The number of carboxylic acids is 1. The molecule has 0 spiro atoms. The van der Waals surface area contributed by atoms with Crippen LogP contribution in [0.15, 0.2) is 0 Å². The number of rotatable bonds is 3. The lowest BCUT2D eigenvalue weighted by molar-refractivity contribution is -0.138. The molecule has 0 aromatic carbocycles. The van der Waals surface area contributed by atoms with Gasteiger partial charge in [0, 0.05) is 12.1 Å². The summed E-state index contributed by atoms with van der Waals surface area (Å²) < 4.78 is 0. The van der Waals surface area contributed by atoms with Gasteiger partial charge in [0.05, 0.1) is 6.42 Å². The summed E-state index contributed by atoms with van der Waals surface area (Å²) in [6, 6.07) is 0.902. The molecule has 1 aliphatic carbocycles. The van der Waals surface area contributed by atoms with Crippen LogP contribution in [0.1, 0.15) is 52.4 Å². The summed E-state index contributed by atoms with van der Waals surface area (Å²) in [7, 11) is 0. The minimum absolute atomic E-state index is 0.292. The molecule has 1 saturated heterocycles. The van der Waals surface area contributed by atoms with E-state index in [1.807, 2.05) is 0 Å². The average molecular weight is 225 g/mol. The molecular formula is C13H23NO2. The highest BCUT2D eigenvalue weighted by atomic mass is 16.4. The van der Waals surface area contributed by atoms with E-state index in [0.717, 1.165) is 13.0 Å². The van der Waals surface area contributed by atoms with Crippen molar-refractivity contribution >= 4 is 5.97 Å². The van der Waals surface area contributed by atoms with Gasteiger partial charge >= 0.3 is 5.97 Å². The standard InChI is InChI=1S/C13H23NO2/c1-13(2)7-3-6-11(13)14-8-4-5-10(14)9-12(15)16/h10-11H,3-9H2,1-2H3,(H,15,16). The molecule has 2 atom stereocenters. The summed E-state index contributed by atoms with van der Waals surface area (Å²) in [5.74, 6) is -0.646. The molecular weight excluding hydrogens is 202 g/mol. The molecule has 2 unspecified atom stereocenters. The van der Waals surface area contributed by atoms with Gasteiger partial charge in [-0.25, -0.2) is 0 Å². The first-order valence-corrected chi connectivity index (χ1v) is 6.48. The van der Waals surface area contributed by atoms with Crippen molar-refractivity contribution in [3.05, 3.63) is 0 Å². The van der Waals surface area contributed by atoms with Crippen LogP contribution in [0.25, 0.3) is 0 Å². The van der Waals surface area contributed by atoms with Crippen LogP contribution in [0, 0.1) is 5.41 Å². The fourth-order valence-electron chi connectivity index (χ4n) is 3.61. The summed E-state index contributed by atoms with van der Waals surface area (Å²) in [5.41, 5.74) is 0.376. The lowest BCUT2D eigenvalue weighted by Gasteiger charge is -2.38. The van der Waals surface area contributed by atoms with Crippen LogP contribution in [0.5, 0.6) is 0 Å². The highest BCUT2D eigenvalue weighted by Gasteiger charge is 2.42. The number of nitrogens with zero attached hydrogens (tertiary/aromatic N) is 1. The van der Waals surface area contributed by atoms with Crippen molar-refractivity contribution in [1.82, 2.24) is 4.90 Å². The Balaban J connectivity index is 2.05. The van der Waals surface area contributed by atoms with Gasteiger partial charge in [-0.1, -0.05) is 20.3 Å². The SMILES string of the molecule is CC1(C)CCCC1N1CCCC1CC(=O)O. The lowest BCUT2D eigenvalue weighted by Crippen LogP contribution is -2.45. The van der Waals surface area contributed by atoms with Crippen LogP contribution < -0.4 is 0 Å². The smallest absolute Gasteiger partial charge is 0.304 e. The number of likely N-dealkylation sites (tertiary alicyclic amines) is 1. The molecule has 0 amide bonds. The second-order valence-electron chi connectivity index (χ2n) is 6.03. The van der Waals surface area contributed by atoms with E-state index in [2.05, 4.69) is 18.7 Å². The molecule has 3 heteroatoms. The number of carboxylic acid groups (broad SMARTS) is 1. The van der Waals surface area contributed by atoms with Gasteiger partial charge in [0.2, 0.25) is 0 Å². The zero-order valence-corrected chi connectivity index (χ0v) is 10.4. The Kier molecular flexibility index (Phi) is 3.24. The molecule has 2 fully saturated rings. The lowest BCUT2D eigenvalue weighted by atomic mass is 9.86. The highest BCUT2D eigenvalue weighted by Crippen LogP contribution is 2.43. The maximum Gasteiger partial charge on any atom is 0.304 e. The van der Waals surface area contributed by atoms with Crippen molar-refractivity contribution in [2.24, 2.45) is 5.41 Å². The third-order valence-corrected chi connectivity index (χ3v) is 4.43. The van der Waals surface area contributed by atoms with Gasteiger partial charge in [-0.3, -0.25) is 9.69 Å². The minimum atomic E-state index is -0.646. The van der Waals surface area contributed by atoms with Crippen molar-refractivity contribution in [1.29, 1.82) is 0 Å². The van der Waals surface area contributed by atoms with Gasteiger partial charge in [0.15, 0.2) is 0 Å². The van der Waals surface area contributed by atoms with E-state index >= 15 is 0 Å². The Hall–Kier alpha value is -0.570. The first-order valence-electron chi connectivity index (χ1n) is 6.48. The van der Waals surface area contributed by atoms with E-state index in [0.29, 0.717) is 23.9 Å². The molecule has 0 aromatic heterocycles. The molecule has 3 nitrogen and oxygen atoms in total. The normalized spacial score (nSPS) is 34.4. The van der Waals surface area contributed by atoms with Crippen LogP contribution in [-0.2, 0) is 4.79 Å². The molecule has 16 heavy (non-hydrogen) atoms. The van der Waals surface area contributed by atoms with E-state index in [-0.39, 0.29) is 0 Å². The van der Waals surface area contributed by atoms with E-state index in [1.54, 1.807) is 0 Å². The molecule has 1 aliphatic heterocycles. The predicted octanol–water partition coefficient (Wildman–Crippen LogP) is 2.50. The first-order chi connectivity index (χ1) is 7.50. The van der Waals surface area contributed by atoms with Crippen molar-refractivity contribution in [3.63, 3.8) is 0 Å². The average Bonchev–Trinajstić information content (AvgIpc) is 2.70. The fourth-order valence-corrected chi connectivity index (χ4v) is 3.61. The summed E-state index contributed by atoms with van der Waals surface area (Å²) in [6.07, 6.45) is 6.40. The quantitative estimate of drug-likeness (QED) is 0.802. The third kappa shape index (κ3) is 2.24. The zero-order chi connectivity index (χ0) is 11.8. The van der Waals surface area contributed by atoms with Gasteiger partial charge in [-0.15, -0.1) is 0 Å². The van der Waals surface area contributed by atoms with Crippen molar-refractivity contribution < 1.29 is 9.90 Å². The van der Waals surface area contributed by atoms with Crippen molar-refractivity contribution in [3.8, 4) is 0 Å². The van der Waals surface area contributed by atoms with Crippen molar-refractivity contribution in [2.75, 3.05) is 6.54 Å². The number of hydrogen-bond acceptors (Lipinski definition) is 2. The second kappa shape index (κ2) is 4.36. The van der Waals surface area contributed by atoms with E-state index < -0.39 is 5.97 Å². The van der Waals surface area contributed by atoms with Crippen LogP contribution in [-0.4, -0.2) is 34.6 Å². The number of aliphatic carboxylic acids is 1. The Morgan fingerprint density at radius 1 is 1.38 bits per heavy atom. The van der Waals surface area contributed by atoms with Crippen LogP contribution in [0.2, 0.25) is 0 Å². The highest BCUT2D eigenvalue weighted by molar-refractivity contribution is 5.67. The molecule has 0 bridgehead atoms. The summed E-state index contributed by atoms with van der Waals surface area (Å²) in [5, 5.41) is 8.94. The summed E-state index contributed by atoms with van der Waals surface area (Å²) >= 11 is 0. The van der Waals surface area contributed by atoms with Crippen LogP contribution in [0.4, 0.5) is 0 Å². The van der Waals surface area contributed by atoms with Crippen LogP contribution in [0.3, 0.4) is 0 Å². The Morgan fingerprint density at radius 2 is 2.12 bits per heavy atom. The maximum absolute atomic E-state index is 10.9. The molecule has 1 saturated carbocycles. The molecule has 0 radical (unpaired) electrons. The molecule has 2 aliphatic rings. The van der Waals surface area contributed by atoms with Crippen molar-refractivity contribution in [2.45, 2.75) is 64.5 Å². The number of carbonyl (C=O) groups is 1. The van der Waals surface area contributed by atoms with Gasteiger partial charge in [-0.2, -0.15) is 0 Å². The molecule has 1 heterocycles. The van der Waals surface area contributed by atoms with Gasteiger partial charge in [0.25, 0.3) is 0 Å². The molecule has 0 aromatic rings. The molecule has 2 rings (SSSR count). The van der Waals surface area contributed by atoms with Crippen LogP contribution >= 0.6 is 0 Å². The first kappa shape index (κ1) is 11.9.